The second-order valence-electron chi connectivity index (χ2n) is 8.86. The van der Waals surface area contributed by atoms with Crippen LogP contribution in [0.15, 0.2) is 53.2 Å². The van der Waals surface area contributed by atoms with E-state index in [0.29, 0.717) is 5.82 Å². The first-order chi connectivity index (χ1) is 19.1. The topological polar surface area (TPSA) is 203 Å². The van der Waals surface area contributed by atoms with Gasteiger partial charge in [0.25, 0.3) is 0 Å². The van der Waals surface area contributed by atoms with Gasteiger partial charge in [-0.2, -0.15) is 0 Å². The SMILES string of the molecule is Cc1nc(N)c2ncn([C@@H]3O[C@H](COP(=O)(NCc4ccccc4)OCc4ccc([N+](=O)[O-])o4)C(O)[C@H]3F)c2n1. The number of nitrogens with two attached hydrogens (primary N) is 1. The number of imidazole rings is 1. The largest absolute Gasteiger partial charge is 0.433 e. The fourth-order valence-electron chi connectivity index (χ4n) is 4.08. The smallest absolute Gasteiger partial charge is 0.403 e. The van der Waals surface area contributed by atoms with Crippen molar-refractivity contribution in [2.24, 2.45) is 0 Å². The van der Waals surface area contributed by atoms with Crippen LogP contribution in [-0.2, 0) is 31.5 Å². The summed E-state index contributed by atoms with van der Waals surface area (Å²) >= 11 is 0. The average molecular weight is 577 g/mol. The molecule has 1 aromatic carbocycles. The molecule has 0 spiro atoms. The summed E-state index contributed by atoms with van der Waals surface area (Å²) in [5, 5.41) is 24.2. The van der Waals surface area contributed by atoms with Crippen molar-refractivity contribution in [3.8, 4) is 0 Å². The van der Waals surface area contributed by atoms with Crippen LogP contribution < -0.4 is 10.8 Å². The minimum absolute atomic E-state index is 0.0293. The molecule has 15 nitrogen and oxygen atoms in total. The number of hydrogen-bond donors (Lipinski definition) is 3. The third-order valence-corrected chi connectivity index (χ3v) is 7.56. The van der Waals surface area contributed by atoms with E-state index in [4.69, 9.17) is 23.9 Å². The number of aryl methyl sites for hydroxylation is 1. The molecule has 0 aliphatic carbocycles. The van der Waals surface area contributed by atoms with E-state index in [0.717, 1.165) is 11.6 Å². The van der Waals surface area contributed by atoms with Crippen LogP contribution >= 0.6 is 7.75 Å². The average Bonchev–Trinajstić information content (AvgIpc) is 3.65. The van der Waals surface area contributed by atoms with Gasteiger partial charge in [0.05, 0.1) is 19.0 Å². The van der Waals surface area contributed by atoms with Crippen LogP contribution in [-0.4, -0.2) is 54.5 Å². The minimum atomic E-state index is -4.15. The highest BCUT2D eigenvalue weighted by Gasteiger charge is 2.47. The number of benzene rings is 1. The van der Waals surface area contributed by atoms with Gasteiger partial charge in [-0.05, 0) is 18.6 Å². The zero-order chi connectivity index (χ0) is 28.4. The molecule has 4 heterocycles. The van der Waals surface area contributed by atoms with Gasteiger partial charge in [-0.15, -0.1) is 0 Å². The molecule has 0 saturated carbocycles. The molecule has 0 radical (unpaired) electrons. The second kappa shape index (κ2) is 11.4. The maximum atomic E-state index is 15.2. The predicted molar refractivity (Wildman–Crippen MR) is 136 cm³/mol. The van der Waals surface area contributed by atoms with E-state index in [1.54, 1.807) is 31.2 Å². The van der Waals surface area contributed by atoms with Crippen molar-refractivity contribution < 1.29 is 37.2 Å². The normalized spacial score (nSPS) is 22.5. The standard InChI is InChI=1S/C23H25FN7O8P/c1-13-28-21(25)19-22(29-13)30(12-26-19)23-18(24)20(32)16(39-23)11-37-40(35,27-9-14-5-3-2-4-6-14)36-10-15-7-8-17(38-15)31(33)34/h2-8,12,16,18,20,23,32H,9-11H2,1H3,(H,27,35)(H2,25,28,29)/t16-,18-,20?,23-,40?/m1/s1. The molecule has 212 valence electrons. The lowest BCUT2D eigenvalue weighted by Gasteiger charge is -2.22. The number of aliphatic hydroxyl groups excluding tert-OH is 1. The van der Waals surface area contributed by atoms with E-state index in [9.17, 15) is 19.8 Å². The summed E-state index contributed by atoms with van der Waals surface area (Å²) in [6.45, 7) is 0.720. The Balaban J connectivity index is 1.30. The van der Waals surface area contributed by atoms with Crippen LogP contribution in [0.3, 0.4) is 0 Å². The Kier molecular flexibility index (Phi) is 7.89. The summed E-state index contributed by atoms with van der Waals surface area (Å²) in [5.74, 6) is -0.0328. The molecule has 0 amide bonds. The molecule has 1 saturated heterocycles. The molecular formula is C23H25FN7O8P. The van der Waals surface area contributed by atoms with Crippen LogP contribution in [0.4, 0.5) is 16.1 Å². The molecule has 1 aliphatic rings. The molecule has 5 atom stereocenters. The second-order valence-corrected chi connectivity index (χ2v) is 10.7. The zero-order valence-electron chi connectivity index (χ0n) is 21.0. The first-order valence-corrected chi connectivity index (χ1v) is 13.5. The Morgan fingerprint density at radius 2 is 2.02 bits per heavy atom. The van der Waals surface area contributed by atoms with Crippen molar-refractivity contribution in [2.45, 2.75) is 44.7 Å². The van der Waals surface area contributed by atoms with Crippen LogP contribution in [0.25, 0.3) is 11.2 Å². The predicted octanol–water partition coefficient (Wildman–Crippen LogP) is 2.95. The molecule has 0 bridgehead atoms. The quantitative estimate of drug-likeness (QED) is 0.133. The molecule has 17 heteroatoms. The number of ether oxygens (including phenoxy) is 1. The molecule has 40 heavy (non-hydrogen) atoms. The van der Waals surface area contributed by atoms with E-state index in [1.165, 1.54) is 17.0 Å². The Hall–Kier alpha value is -3.79. The Labute approximate surface area is 225 Å². The van der Waals surface area contributed by atoms with E-state index in [2.05, 4.69) is 20.0 Å². The minimum Gasteiger partial charge on any atom is -0.403 e. The highest BCUT2D eigenvalue weighted by atomic mass is 31.2. The van der Waals surface area contributed by atoms with Crippen LogP contribution in [0.2, 0.25) is 0 Å². The summed E-state index contributed by atoms with van der Waals surface area (Å²) < 4.78 is 51.9. The number of nitrogens with one attached hydrogen (secondary N) is 1. The number of anilines is 1. The summed E-state index contributed by atoms with van der Waals surface area (Å²) in [5.41, 5.74) is 7.11. The lowest BCUT2D eigenvalue weighted by molar-refractivity contribution is -0.402. The van der Waals surface area contributed by atoms with Crippen molar-refractivity contribution >= 4 is 30.6 Å². The molecule has 1 fully saturated rings. The molecule has 1 aliphatic heterocycles. The fourth-order valence-corrected chi connectivity index (χ4v) is 5.35. The van der Waals surface area contributed by atoms with Crippen LogP contribution in [0, 0.1) is 17.0 Å². The monoisotopic (exact) mass is 577 g/mol. The molecule has 5 rings (SSSR count). The van der Waals surface area contributed by atoms with Gasteiger partial charge in [-0.1, -0.05) is 30.3 Å². The third-order valence-electron chi connectivity index (χ3n) is 6.06. The van der Waals surface area contributed by atoms with Gasteiger partial charge in [-0.3, -0.25) is 23.7 Å². The number of fused-ring (bicyclic) bond motifs is 1. The van der Waals surface area contributed by atoms with Gasteiger partial charge in [0.1, 0.15) is 40.8 Å². The summed E-state index contributed by atoms with van der Waals surface area (Å²) in [7, 11) is -4.15. The van der Waals surface area contributed by atoms with Crippen molar-refractivity contribution in [3.63, 3.8) is 0 Å². The molecular weight excluding hydrogens is 552 g/mol. The van der Waals surface area contributed by atoms with Gasteiger partial charge in [0, 0.05) is 6.54 Å². The number of nitro groups is 1. The lowest BCUT2D eigenvalue weighted by atomic mass is 10.1. The van der Waals surface area contributed by atoms with Gasteiger partial charge in [0.15, 0.2) is 23.9 Å². The Morgan fingerprint density at radius 3 is 2.75 bits per heavy atom. The van der Waals surface area contributed by atoms with Crippen molar-refractivity contribution in [1.29, 1.82) is 0 Å². The number of nitrogens with zero attached hydrogens (tertiary/aromatic N) is 5. The molecule has 4 N–H and O–H groups in total. The number of hydrogen-bond acceptors (Lipinski definition) is 12. The third kappa shape index (κ3) is 5.86. The maximum absolute atomic E-state index is 15.2. The van der Waals surface area contributed by atoms with Gasteiger partial charge in [-0.25, -0.2) is 29.0 Å². The van der Waals surface area contributed by atoms with E-state index < -0.39 is 56.4 Å². The summed E-state index contributed by atoms with van der Waals surface area (Å²) in [6.07, 6.45) is -4.87. The fraction of sp³-hybridized carbons (Fsp3) is 0.348. The van der Waals surface area contributed by atoms with E-state index in [1.807, 2.05) is 6.07 Å². The number of aliphatic hydroxyl groups is 1. The zero-order valence-corrected chi connectivity index (χ0v) is 21.9. The highest BCUT2D eigenvalue weighted by Crippen LogP contribution is 2.46. The lowest BCUT2D eigenvalue weighted by Crippen LogP contribution is -2.32. The first kappa shape index (κ1) is 27.8. The summed E-state index contributed by atoms with van der Waals surface area (Å²) in [4.78, 5) is 22.6. The molecule has 3 aromatic heterocycles. The summed E-state index contributed by atoms with van der Waals surface area (Å²) in [6, 6.07) is 11.4. The van der Waals surface area contributed by atoms with Gasteiger partial charge in [0.2, 0.25) is 0 Å². The number of alkyl halides is 1. The highest BCUT2D eigenvalue weighted by molar-refractivity contribution is 7.51. The number of aromatic nitrogens is 4. The van der Waals surface area contributed by atoms with Crippen molar-refractivity contribution in [2.75, 3.05) is 12.3 Å². The van der Waals surface area contributed by atoms with Crippen LogP contribution in [0.1, 0.15) is 23.4 Å². The van der Waals surface area contributed by atoms with Crippen LogP contribution in [0.5, 0.6) is 0 Å². The number of halogens is 1. The van der Waals surface area contributed by atoms with Gasteiger partial charge >= 0.3 is 13.6 Å². The molecule has 4 aromatic rings. The number of rotatable bonds is 11. The van der Waals surface area contributed by atoms with Gasteiger partial charge < -0.3 is 20.0 Å². The van der Waals surface area contributed by atoms with Crippen molar-refractivity contribution in [1.82, 2.24) is 24.6 Å². The first-order valence-electron chi connectivity index (χ1n) is 12.0. The van der Waals surface area contributed by atoms with E-state index >= 15 is 4.39 Å². The molecule has 2 unspecified atom stereocenters. The Bertz CT molecular complexity index is 1550. The van der Waals surface area contributed by atoms with E-state index in [-0.39, 0.29) is 29.3 Å². The number of nitrogen functional groups attached to an aromatic ring is 1. The maximum Gasteiger partial charge on any atom is 0.433 e. The van der Waals surface area contributed by atoms with Crippen molar-refractivity contribution in [3.05, 3.63) is 76.1 Å². The Morgan fingerprint density at radius 1 is 1.25 bits per heavy atom. The number of furan rings is 1.